The van der Waals surface area contributed by atoms with Crippen LogP contribution in [0.3, 0.4) is 0 Å². The molecular formula is C24H60N4Si3. The first kappa shape index (κ1) is 31.5. The molecule has 31 heavy (non-hydrogen) atoms. The predicted molar refractivity (Wildman–Crippen MR) is 151 cm³/mol. The van der Waals surface area contributed by atoms with E-state index in [0.29, 0.717) is 36.3 Å². The molecule has 0 radical (unpaired) electrons. The molecule has 0 atom stereocenters. The van der Waals surface area contributed by atoms with Gasteiger partial charge in [-0.3, -0.25) is 0 Å². The fourth-order valence-corrected chi connectivity index (χ4v) is 34.4. The van der Waals surface area contributed by atoms with Crippen molar-refractivity contribution in [3.8, 4) is 0 Å². The van der Waals surface area contributed by atoms with Crippen molar-refractivity contribution in [2.24, 2.45) is 0 Å². The Labute approximate surface area is 201 Å². The summed E-state index contributed by atoms with van der Waals surface area (Å²) in [5.74, 6) is 0. The van der Waals surface area contributed by atoms with Crippen LogP contribution in [0, 0.1) is 0 Å². The molecule has 0 unspecified atom stereocenters. The molecule has 0 aliphatic rings. The lowest BCUT2D eigenvalue weighted by molar-refractivity contribution is 0.243. The van der Waals surface area contributed by atoms with E-state index in [9.17, 15) is 0 Å². The van der Waals surface area contributed by atoms with Crippen molar-refractivity contribution in [1.29, 1.82) is 0 Å². The monoisotopic (exact) mass is 488 g/mol. The molecule has 4 nitrogen and oxygen atoms in total. The Morgan fingerprint density at radius 1 is 0.323 bits per heavy atom. The normalized spacial score (nSPS) is 15.1. The van der Waals surface area contributed by atoms with Crippen molar-refractivity contribution in [2.75, 3.05) is 0 Å². The summed E-state index contributed by atoms with van der Waals surface area (Å²) in [6.45, 7) is 44.7. The Morgan fingerprint density at radius 3 is 0.548 bits per heavy atom. The van der Waals surface area contributed by atoms with E-state index in [1.54, 1.807) is 0 Å². The van der Waals surface area contributed by atoms with Gasteiger partial charge in [0.05, 0.1) is 0 Å². The third-order valence-corrected chi connectivity index (χ3v) is 26.9. The fourth-order valence-electron chi connectivity index (χ4n) is 7.94. The number of hydrogen-bond donors (Lipinski definition) is 0. The minimum atomic E-state index is -1.96. The Morgan fingerprint density at radius 2 is 0.452 bits per heavy atom. The maximum Gasteiger partial charge on any atom is 0.189 e. The largest absolute Gasteiger partial charge is 0.332 e. The van der Waals surface area contributed by atoms with Gasteiger partial charge in [0.25, 0.3) is 0 Å². The Hall–Kier alpha value is 0.491. The van der Waals surface area contributed by atoms with Crippen LogP contribution in [0.25, 0.3) is 0 Å². The third-order valence-electron chi connectivity index (χ3n) is 6.88. The molecule has 0 spiro atoms. The van der Waals surface area contributed by atoms with E-state index >= 15 is 0 Å². The van der Waals surface area contributed by atoms with Crippen LogP contribution in [0.5, 0.6) is 0 Å². The van der Waals surface area contributed by atoms with Gasteiger partial charge < -0.3 is 17.6 Å². The fraction of sp³-hybridized carbons (Fsp3) is 1.00. The van der Waals surface area contributed by atoms with Gasteiger partial charge in [-0.05, 0) is 75.5 Å². The topological polar surface area (TPSA) is 13.0 Å². The number of rotatable bonds is 12. The maximum atomic E-state index is 3.23. The van der Waals surface area contributed by atoms with Crippen LogP contribution < -0.4 is 0 Å². The van der Waals surface area contributed by atoms with Crippen LogP contribution in [0.2, 0.25) is 39.3 Å². The zero-order valence-electron chi connectivity index (χ0n) is 24.8. The van der Waals surface area contributed by atoms with Gasteiger partial charge in [0, 0.05) is 0 Å². The third kappa shape index (κ3) is 6.76. The Balaban J connectivity index is 7.19. The van der Waals surface area contributed by atoms with Crippen molar-refractivity contribution in [2.45, 2.75) is 159 Å². The second kappa shape index (κ2) is 11.3. The van der Waals surface area contributed by atoms with Crippen LogP contribution >= 0.6 is 0 Å². The van der Waals surface area contributed by atoms with Gasteiger partial charge in [0.1, 0.15) is 0 Å². The second-order valence-electron chi connectivity index (χ2n) is 12.6. The highest BCUT2D eigenvalue weighted by Gasteiger charge is 2.58. The molecule has 0 amide bonds. The predicted octanol–water partition coefficient (Wildman–Crippen LogP) is 6.75. The van der Waals surface area contributed by atoms with E-state index in [1.807, 2.05) is 0 Å². The molecule has 0 aliphatic heterocycles. The highest BCUT2D eigenvalue weighted by Crippen LogP contribution is 2.37. The van der Waals surface area contributed by atoms with Gasteiger partial charge in [-0.25, -0.2) is 0 Å². The highest BCUT2D eigenvalue weighted by molar-refractivity contribution is 7.02. The molecule has 0 heterocycles. The van der Waals surface area contributed by atoms with E-state index in [1.165, 1.54) is 0 Å². The van der Waals surface area contributed by atoms with Gasteiger partial charge in [0.2, 0.25) is 0 Å². The first-order chi connectivity index (χ1) is 13.7. The van der Waals surface area contributed by atoms with Crippen LogP contribution in [0.15, 0.2) is 0 Å². The zero-order valence-corrected chi connectivity index (χ0v) is 27.8. The first-order valence-corrected chi connectivity index (χ1v) is 21.5. The highest BCUT2D eigenvalue weighted by atomic mass is 28.5. The van der Waals surface area contributed by atoms with Crippen molar-refractivity contribution in [1.82, 2.24) is 17.6 Å². The molecule has 0 fully saturated rings. The van der Waals surface area contributed by atoms with Crippen LogP contribution in [0.4, 0.5) is 0 Å². The molecule has 0 bridgehead atoms. The molecule has 0 aliphatic carbocycles. The Bertz CT molecular complexity index is 443. The molecule has 0 N–H and O–H groups in total. The van der Waals surface area contributed by atoms with Gasteiger partial charge in [0.15, 0.2) is 25.2 Å². The lowest BCUT2D eigenvalue weighted by Gasteiger charge is -2.65. The summed E-state index contributed by atoms with van der Waals surface area (Å²) >= 11 is 0. The SMILES string of the molecule is CC(C)N(C(C)C)[Si](C)(C)N([Si](C)(C)N(C(C)C)C(C)C)[Si](C)(C)N(C(C)C)C(C)C. The quantitative estimate of drug-likeness (QED) is 0.282. The van der Waals surface area contributed by atoms with Crippen molar-refractivity contribution >= 4 is 25.2 Å². The summed E-state index contributed by atoms with van der Waals surface area (Å²) in [7, 11) is -5.88. The molecule has 0 saturated carbocycles. The molecule has 0 aromatic rings. The van der Waals surface area contributed by atoms with Crippen molar-refractivity contribution in [3.63, 3.8) is 0 Å². The smallest absolute Gasteiger partial charge is 0.189 e. The Kier molecular flexibility index (Phi) is 11.5. The summed E-state index contributed by atoms with van der Waals surface area (Å²) < 4.78 is 11.9. The average Bonchev–Trinajstić information content (AvgIpc) is 2.40. The van der Waals surface area contributed by atoms with E-state index in [0.717, 1.165) is 0 Å². The minimum Gasteiger partial charge on any atom is -0.332 e. The summed E-state index contributed by atoms with van der Waals surface area (Å²) in [6, 6.07) is 3.32. The van der Waals surface area contributed by atoms with E-state index < -0.39 is 25.2 Å². The van der Waals surface area contributed by atoms with Gasteiger partial charge in [-0.2, -0.15) is 0 Å². The lowest BCUT2D eigenvalue weighted by atomic mass is 10.3. The number of nitrogens with zero attached hydrogens (tertiary/aromatic N) is 4. The van der Waals surface area contributed by atoms with E-state index in [4.69, 9.17) is 0 Å². The molecule has 0 saturated heterocycles. The molecule has 0 rings (SSSR count). The van der Waals surface area contributed by atoms with Gasteiger partial charge in [-0.15, -0.1) is 0 Å². The van der Waals surface area contributed by atoms with Gasteiger partial charge >= 0.3 is 0 Å². The average molecular weight is 489 g/mol. The van der Waals surface area contributed by atoms with Crippen LogP contribution in [0.1, 0.15) is 83.1 Å². The van der Waals surface area contributed by atoms with Crippen molar-refractivity contribution in [3.05, 3.63) is 0 Å². The molecule has 0 aromatic heterocycles. The summed E-state index contributed by atoms with van der Waals surface area (Å²) in [4.78, 5) is 0. The minimum absolute atomic E-state index is 0.553. The standard InChI is InChI=1S/C24H60N4Si3/c1-19(2)25(20(3)4)29(13,14)28(30(15,16)26(21(5)6)22(7)8)31(17,18)27(23(9)10)24(11)12/h19-24H,1-18H3. The number of hydrogen-bond acceptors (Lipinski definition) is 4. The van der Waals surface area contributed by atoms with Crippen LogP contribution in [-0.2, 0) is 0 Å². The molecule has 0 aromatic carbocycles. The summed E-state index contributed by atoms with van der Waals surface area (Å²) in [5.41, 5.74) is 0. The van der Waals surface area contributed by atoms with Crippen molar-refractivity contribution < 1.29 is 0 Å². The second-order valence-corrected chi connectivity index (χ2v) is 25.8. The van der Waals surface area contributed by atoms with Crippen LogP contribution in [-0.4, -0.2) is 79.0 Å². The van der Waals surface area contributed by atoms with E-state index in [2.05, 4.69) is 140 Å². The van der Waals surface area contributed by atoms with Gasteiger partial charge in [-0.1, -0.05) is 83.1 Å². The molecule has 188 valence electrons. The summed E-state index contributed by atoms with van der Waals surface area (Å²) in [6.07, 6.45) is 0. The maximum absolute atomic E-state index is 3.23. The lowest BCUT2D eigenvalue weighted by Crippen LogP contribution is -2.86. The summed E-state index contributed by atoms with van der Waals surface area (Å²) in [5, 5.41) is 0. The first-order valence-electron chi connectivity index (χ1n) is 12.8. The molecular weight excluding hydrogens is 429 g/mol. The van der Waals surface area contributed by atoms with E-state index in [-0.39, 0.29) is 0 Å². The zero-order chi connectivity index (χ0) is 25.3. The molecule has 7 heteroatoms.